The number of aliphatic hydroxyl groups is 2. The lowest BCUT2D eigenvalue weighted by molar-refractivity contribution is -0.146. The first kappa shape index (κ1) is 27.3. The minimum Gasteiger partial charge on any atom is -0.399 e. The number of thiophene rings is 1. The number of rotatable bonds is 9. The number of carbonyl (C=O) groups excluding carboxylic acids is 2. The highest BCUT2D eigenvalue weighted by Gasteiger charge is 2.29. The van der Waals surface area contributed by atoms with Crippen LogP contribution in [-0.4, -0.2) is 40.8 Å². The summed E-state index contributed by atoms with van der Waals surface area (Å²) in [5.74, 6) is -1.56. The lowest BCUT2D eigenvalue weighted by atomic mass is 10.1. The summed E-state index contributed by atoms with van der Waals surface area (Å²) < 4.78 is 0. The second kappa shape index (κ2) is 14.4. The minimum atomic E-state index is -1.82. The third kappa shape index (κ3) is 9.15. The molecule has 7 nitrogen and oxygen atoms in total. The Morgan fingerprint density at radius 2 is 1.62 bits per heavy atom. The molecule has 34 heavy (non-hydrogen) atoms. The van der Waals surface area contributed by atoms with Crippen molar-refractivity contribution in [3.63, 3.8) is 0 Å². The van der Waals surface area contributed by atoms with Crippen LogP contribution < -0.4 is 16.4 Å². The molecule has 0 fully saturated rings. The Labute approximate surface area is 208 Å². The molecule has 0 bridgehead atoms. The standard InChI is InChI=1S/C19H23ClN2O4S.C6H7N/c1-2-7-21-18(25)16(23)17(24)19(26)22-10-14-9-12(11-27-14)8-13-5-3-4-6-15(13)20;7-6-4-2-1-3-5-6/h3-6,9,11,16-17,23-24H,2,7-8,10H2,1H3,(H,21,25)(H,22,26);1-5H,7H2/t16-,17-;/m1./s1. The summed E-state index contributed by atoms with van der Waals surface area (Å²) in [6, 6.07) is 19.0. The zero-order valence-corrected chi connectivity index (χ0v) is 20.5. The number of amides is 2. The lowest BCUT2D eigenvalue weighted by Gasteiger charge is -2.16. The van der Waals surface area contributed by atoms with Crippen molar-refractivity contribution in [1.82, 2.24) is 10.6 Å². The number of para-hydroxylation sites is 1. The van der Waals surface area contributed by atoms with Gasteiger partial charge in [0.25, 0.3) is 11.8 Å². The van der Waals surface area contributed by atoms with Gasteiger partial charge in [-0.3, -0.25) is 9.59 Å². The van der Waals surface area contributed by atoms with Gasteiger partial charge >= 0.3 is 0 Å². The SMILES string of the molecule is CCCNC(=O)[C@H](O)[C@@H](O)C(=O)NCc1cc(Cc2ccccc2Cl)cs1.Nc1ccccc1. The molecule has 3 rings (SSSR count). The molecule has 1 aromatic heterocycles. The van der Waals surface area contributed by atoms with Crippen molar-refractivity contribution in [2.24, 2.45) is 0 Å². The normalized spacial score (nSPS) is 12.1. The number of hydrogen-bond donors (Lipinski definition) is 5. The maximum absolute atomic E-state index is 12.0. The Bertz CT molecular complexity index is 1050. The summed E-state index contributed by atoms with van der Waals surface area (Å²) in [4.78, 5) is 24.5. The van der Waals surface area contributed by atoms with Crippen LogP contribution in [0.5, 0.6) is 0 Å². The highest BCUT2D eigenvalue weighted by atomic mass is 35.5. The maximum atomic E-state index is 12.0. The number of aliphatic hydroxyl groups excluding tert-OH is 2. The number of carbonyl (C=O) groups is 2. The molecule has 0 unspecified atom stereocenters. The van der Waals surface area contributed by atoms with Crippen LogP contribution in [0.15, 0.2) is 66.0 Å². The first-order valence-electron chi connectivity index (χ1n) is 10.8. The first-order valence-corrected chi connectivity index (χ1v) is 12.1. The third-order valence-corrected chi connectivity index (χ3v) is 6.04. The van der Waals surface area contributed by atoms with E-state index in [1.807, 2.05) is 73.0 Å². The van der Waals surface area contributed by atoms with Crippen molar-refractivity contribution in [3.05, 3.63) is 87.1 Å². The summed E-state index contributed by atoms with van der Waals surface area (Å²) in [5.41, 5.74) is 8.26. The molecule has 6 N–H and O–H groups in total. The molecule has 0 aliphatic rings. The summed E-state index contributed by atoms with van der Waals surface area (Å²) in [6.07, 6.45) is -2.24. The Kier molecular flexibility index (Phi) is 11.6. The molecule has 2 amide bonds. The van der Waals surface area contributed by atoms with Gasteiger partial charge in [0.1, 0.15) is 0 Å². The van der Waals surface area contributed by atoms with Gasteiger partial charge in [0, 0.05) is 22.1 Å². The fraction of sp³-hybridized carbons (Fsp3) is 0.280. The summed E-state index contributed by atoms with van der Waals surface area (Å²) in [7, 11) is 0. The van der Waals surface area contributed by atoms with Crippen LogP contribution in [-0.2, 0) is 22.6 Å². The quantitative estimate of drug-likeness (QED) is 0.287. The molecule has 0 aliphatic carbocycles. The largest absolute Gasteiger partial charge is 0.399 e. The van der Waals surface area contributed by atoms with Gasteiger partial charge in [-0.1, -0.05) is 54.9 Å². The van der Waals surface area contributed by atoms with Crippen molar-refractivity contribution < 1.29 is 19.8 Å². The van der Waals surface area contributed by atoms with Crippen LogP contribution in [0.25, 0.3) is 0 Å². The molecule has 0 radical (unpaired) electrons. The van der Waals surface area contributed by atoms with Gasteiger partial charge < -0.3 is 26.6 Å². The third-order valence-electron chi connectivity index (χ3n) is 4.68. The van der Waals surface area contributed by atoms with Gasteiger partial charge in [0.15, 0.2) is 12.2 Å². The van der Waals surface area contributed by atoms with Gasteiger partial charge in [0.05, 0.1) is 6.54 Å². The Balaban J connectivity index is 0.000000497. The average Bonchev–Trinajstić information content (AvgIpc) is 3.29. The van der Waals surface area contributed by atoms with Crippen molar-refractivity contribution >= 4 is 40.4 Å². The Hall–Kier alpha value is -2.91. The minimum absolute atomic E-state index is 0.201. The van der Waals surface area contributed by atoms with E-state index < -0.39 is 24.0 Å². The molecular weight excluding hydrogens is 474 g/mol. The number of nitrogens with one attached hydrogen (secondary N) is 2. The number of halogens is 1. The first-order chi connectivity index (χ1) is 16.3. The van der Waals surface area contributed by atoms with E-state index in [1.165, 1.54) is 11.3 Å². The molecule has 0 saturated carbocycles. The zero-order valence-electron chi connectivity index (χ0n) is 18.9. The Morgan fingerprint density at radius 3 is 2.21 bits per heavy atom. The predicted molar refractivity (Wildman–Crippen MR) is 137 cm³/mol. The monoisotopic (exact) mass is 503 g/mol. The number of nitrogen functional groups attached to an aromatic ring is 1. The molecule has 0 spiro atoms. The smallest absolute Gasteiger partial charge is 0.252 e. The van der Waals surface area contributed by atoms with Gasteiger partial charge in [-0.25, -0.2) is 0 Å². The highest BCUT2D eigenvalue weighted by Crippen LogP contribution is 2.22. The van der Waals surface area contributed by atoms with Crippen LogP contribution in [0, 0.1) is 0 Å². The molecule has 182 valence electrons. The van der Waals surface area contributed by atoms with Crippen LogP contribution in [0.2, 0.25) is 5.02 Å². The molecule has 9 heteroatoms. The number of benzene rings is 2. The van der Waals surface area contributed by atoms with Gasteiger partial charge in [0.2, 0.25) is 0 Å². The van der Waals surface area contributed by atoms with E-state index in [1.54, 1.807) is 0 Å². The zero-order chi connectivity index (χ0) is 24.9. The van der Waals surface area contributed by atoms with E-state index in [9.17, 15) is 19.8 Å². The molecule has 3 aromatic rings. The second-order valence-corrected chi connectivity index (χ2v) is 8.90. The van der Waals surface area contributed by atoms with E-state index in [0.717, 1.165) is 21.7 Å². The van der Waals surface area contributed by atoms with E-state index in [2.05, 4.69) is 10.6 Å². The Morgan fingerprint density at radius 1 is 1.00 bits per heavy atom. The van der Waals surface area contributed by atoms with Gasteiger partial charge in [-0.15, -0.1) is 11.3 Å². The van der Waals surface area contributed by atoms with Gasteiger partial charge in [-0.2, -0.15) is 0 Å². The molecular formula is C25H30ClN3O4S. The molecule has 1 heterocycles. The summed E-state index contributed by atoms with van der Waals surface area (Å²) in [5, 5.41) is 27.2. The van der Waals surface area contributed by atoms with Crippen LogP contribution in [0.3, 0.4) is 0 Å². The number of anilines is 1. The fourth-order valence-corrected chi connectivity index (χ4v) is 3.88. The summed E-state index contributed by atoms with van der Waals surface area (Å²) >= 11 is 7.64. The van der Waals surface area contributed by atoms with E-state index >= 15 is 0 Å². The molecule has 0 aliphatic heterocycles. The van der Waals surface area contributed by atoms with E-state index in [-0.39, 0.29) is 6.54 Å². The highest BCUT2D eigenvalue weighted by molar-refractivity contribution is 7.10. The molecule has 2 atom stereocenters. The molecule has 2 aromatic carbocycles. The van der Waals surface area contributed by atoms with Crippen molar-refractivity contribution in [2.45, 2.75) is 38.5 Å². The summed E-state index contributed by atoms with van der Waals surface area (Å²) in [6.45, 7) is 2.43. The van der Waals surface area contributed by atoms with Crippen LogP contribution in [0.4, 0.5) is 5.69 Å². The van der Waals surface area contributed by atoms with Crippen molar-refractivity contribution in [3.8, 4) is 0 Å². The molecule has 0 saturated heterocycles. The number of hydrogen-bond acceptors (Lipinski definition) is 6. The predicted octanol–water partition coefficient (Wildman–Crippen LogP) is 3.13. The van der Waals surface area contributed by atoms with E-state index in [0.29, 0.717) is 24.4 Å². The topological polar surface area (TPSA) is 125 Å². The number of nitrogens with two attached hydrogens (primary N) is 1. The van der Waals surface area contributed by atoms with Crippen LogP contribution in [0.1, 0.15) is 29.3 Å². The maximum Gasteiger partial charge on any atom is 0.252 e. The van der Waals surface area contributed by atoms with Crippen molar-refractivity contribution in [2.75, 3.05) is 12.3 Å². The lowest BCUT2D eigenvalue weighted by Crippen LogP contribution is -2.49. The van der Waals surface area contributed by atoms with Gasteiger partial charge in [-0.05, 0) is 53.6 Å². The fourth-order valence-electron chi connectivity index (χ4n) is 2.84. The van der Waals surface area contributed by atoms with Crippen LogP contribution >= 0.6 is 22.9 Å². The van der Waals surface area contributed by atoms with E-state index in [4.69, 9.17) is 17.3 Å². The average molecular weight is 504 g/mol. The second-order valence-electron chi connectivity index (χ2n) is 7.50. The van der Waals surface area contributed by atoms with Crippen molar-refractivity contribution in [1.29, 1.82) is 0 Å².